The smallest absolute Gasteiger partial charge is 0.131 e. The molecular formula is C13H21N3S. The van der Waals surface area contributed by atoms with Crippen molar-refractivity contribution in [1.29, 1.82) is 0 Å². The van der Waals surface area contributed by atoms with Crippen molar-refractivity contribution in [2.45, 2.75) is 32.1 Å². The third kappa shape index (κ3) is 2.86. The van der Waals surface area contributed by atoms with Gasteiger partial charge in [0.05, 0.1) is 0 Å². The van der Waals surface area contributed by atoms with E-state index >= 15 is 0 Å². The van der Waals surface area contributed by atoms with E-state index in [0.29, 0.717) is 11.3 Å². The van der Waals surface area contributed by atoms with Gasteiger partial charge in [-0.3, -0.25) is 0 Å². The fourth-order valence-electron chi connectivity index (χ4n) is 2.12. The zero-order chi connectivity index (χ0) is 12.3. The fraction of sp³-hybridized carbons (Fsp3) is 0.615. The molecule has 0 radical (unpaired) electrons. The average molecular weight is 251 g/mol. The molecule has 3 nitrogen and oxygen atoms in total. The van der Waals surface area contributed by atoms with Crippen LogP contribution in [0, 0.1) is 0 Å². The van der Waals surface area contributed by atoms with Crippen LogP contribution in [0.2, 0.25) is 0 Å². The molecule has 2 unspecified atom stereocenters. The van der Waals surface area contributed by atoms with Gasteiger partial charge in [0, 0.05) is 30.1 Å². The number of nitrogens with zero attached hydrogens (tertiary/aromatic N) is 2. The Labute approximate surface area is 108 Å². The molecule has 4 heteroatoms. The molecule has 1 fully saturated rings. The summed E-state index contributed by atoms with van der Waals surface area (Å²) in [7, 11) is 0. The number of aromatic nitrogens is 1. The molecule has 1 aromatic heterocycles. The van der Waals surface area contributed by atoms with Gasteiger partial charge in [0.25, 0.3) is 0 Å². The van der Waals surface area contributed by atoms with Crippen molar-refractivity contribution in [2.75, 3.05) is 29.1 Å². The van der Waals surface area contributed by atoms with Crippen LogP contribution >= 0.6 is 11.8 Å². The predicted molar refractivity (Wildman–Crippen MR) is 77.1 cm³/mol. The Hall–Kier alpha value is -0.900. The van der Waals surface area contributed by atoms with Gasteiger partial charge in [-0.1, -0.05) is 13.0 Å². The van der Waals surface area contributed by atoms with E-state index in [9.17, 15) is 0 Å². The third-order valence-electron chi connectivity index (χ3n) is 3.27. The summed E-state index contributed by atoms with van der Waals surface area (Å²) in [5.74, 6) is 3.27. The first-order valence-corrected chi connectivity index (χ1v) is 7.36. The van der Waals surface area contributed by atoms with Gasteiger partial charge in [0.2, 0.25) is 0 Å². The minimum absolute atomic E-state index is 0.554. The van der Waals surface area contributed by atoms with Gasteiger partial charge in [0.1, 0.15) is 11.6 Å². The molecule has 0 spiro atoms. The maximum Gasteiger partial charge on any atom is 0.131 e. The van der Waals surface area contributed by atoms with Crippen molar-refractivity contribution < 1.29 is 0 Å². The quantitative estimate of drug-likeness (QED) is 0.894. The van der Waals surface area contributed by atoms with Gasteiger partial charge in [0.15, 0.2) is 0 Å². The van der Waals surface area contributed by atoms with E-state index in [1.54, 1.807) is 0 Å². The monoisotopic (exact) mass is 251 g/mol. The van der Waals surface area contributed by atoms with Gasteiger partial charge in [-0.15, -0.1) is 0 Å². The van der Waals surface area contributed by atoms with Gasteiger partial charge < -0.3 is 10.2 Å². The van der Waals surface area contributed by atoms with Crippen molar-refractivity contribution in [1.82, 2.24) is 4.98 Å². The molecule has 0 saturated carbocycles. The molecule has 94 valence electrons. The summed E-state index contributed by atoms with van der Waals surface area (Å²) in [5, 5.41) is 3.94. The van der Waals surface area contributed by atoms with Crippen LogP contribution in [0.3, 0.4) is 0 Å². The Bertz CT molecular complexity index is 369. The van der Waals surface area contributed by atoms with E-state index in [4.69, 9.17) is 0 Å². The lowest BCUT2D eigenvalue weighted by Crippen LogP contribution is -2.45. The van der Waals surface area contributed by atoms with E-state index in [-0.39, 0.29) is 0 Å². The van der Waals surface area contributed by atoms with Crippen LogP contribution in [0.15, 0.2) is 18.2 Å². The molecule has 1 aliphatic rings. The van der Waals surface area contributed by atoms with Crippen LogP contribution in [0.5, 0.6) is 0 Å². The van der Waals surface area contributed by atoms with Crippen LogP contribution < -0.4 is 10.2 Å². The normalized spacial score (nSPS) is 24.8. The second-order valence-electron chi connectivity index (χ2n) is 4.42. The minimum Gasteiger partial charge on any atom is -0.370 e. The fourth-order valence-corrected chi connectivity index (χ4v) is 3.22. The highest BCUT2D eigenvalue weighted by molar-refractivity contribution is 8.00. The largest absolute Gasteiger partial charge is 0.370 e. The van der Waals surface area contributed by atoms with Crippen molar-refractivity contribution in [3.63, 3.8) is 0 Å². The summed E-state index contributed by atoms with van der Waals surface area (Å²) in [6.07, 6.45) is 0. The molecule has 1 N–H and O–H groups in total. The van der Waals surface area contributed by atoms with Crippen molar-refractivity contribution in [3.8, 4) is 0 Å². The molecule has 1 aliphatic heterocycles. The number of hydrogen-bond acceptors (Lipinski definition) is 4. The van der Waals surface area contributed by atoms with Crippen LogP contribution in [0.1, 0.15) is 20.8 Å². The first-order chi connectivity index (χ1) is 8.22. The Morgan fingerprint density at radius 3 is 3.06 bits per heavy atom. The Kier molecular flexibility index (Phi) is 4.15. The van der Waals surface area contributed by atoms with Gasteiger partial charge in [-0.25, -0.2) is 4.98 Å². The predicted octanol–water partition coefficient (Wildman–Crippen LogP) is 2.84. The molecule has 2 rings (SSSR count). The Morgan fingerprint density at radius 1 is 1.47 bits per heavy atom. The summed E-state index contributed by atoms with van der Waals surface area (Å²) in [5.41, 5.74) is 0. The molecule has 1 saturated heterocycles. The zero-order valence-electron chi connectivity index (χ0n) is 10.8. The van der Waals surface area contributed by atoms with E-state index in [1.165, 1.54) is 5.75 Å². The number of hydrogen-bond donors (Lipinski definition) is 1. The lowest BCUT2D eigenvalue weighted by molar-refractivity contribution is 0.620. The Balaban J connectivity index is 2.17. The molecule has 0 amide bonds. The van der Waals surface area contributed by atoms with E-state index < -0.39 is 0 Å². The first kappa shape index (κ1) is 12.6. The zero-order valence-corrected chi connectivity index (χ0v) is 11.6. The molecule has 2 atom stereocenters. The summed E-state index contributed by atoms with van der Waals surface area (Å²) in [6.45, 7) is 8.70. The third-order valence-corrected chi connectivity index (χ3v) is 4.61. The SMILES string of the molecule is CCNc1cccc(N2CCSC(C)C2C)n1. The standard InChI is InChI=1S/C13H21N3S/c1-4-14-12-6-5-7-13(15-12)16-8-9-17-11(3)10(16)2/h5-7,10-11H,4,8-9H2,1-3H3,(H,14,15). The Morgan fingerprint density at radius 2 is 2.29 bits per heavy atom. The second-order valence-corrected chi connectivity index (χ2v) is 5.91. The number of anilines is 2. The summed E-state index contributed by atoms with van der Waals surface area (Å²) >= 11 is 2.05. The lowest BCUT2D eigenvalue weighted by atomic mass is 10.2. The lowest BCUT2D eigenvalue weighted by Gasteiger charge is -2.38. The average Bonchev–Trinajstić information content (AvgIpc) is 2.33. The molecule has 1 aromatic rings. The molecule has 2 heterocycles. The number of nitrogens with one attached hydrogen (secondary N) is 1. The van der Waals surface area contributed by atoms with E-state index in [2.05, 4.69) is 59.9 Å². The summed E-state index contributed by atoms with van der Waals surface area (Å²) < 4.78 is 0. The second kappa shape index (κ2) is 5.63. The van der Waals surface area contributed by atoms with E-state index in [1.807, 2.05) is 6.07 Å². The molecule has 17 heavy (non-hydrogen) atoms. The molecule has 0 aliphatic carbocycles. The summed E-state index contributed by atoms with van der Waals surface area (Å²) in [6, 6.07) is 6.78. The molecule has 0 aromatic carbocycles. The molecular weight excluding hydrogens is 230 g/mol. The maximum absolute atomic E-state index is 4.68. The van der Waals surface area contributed by atoms with Crippen LogP contribution in [0.4, 0.5) is 11.6 Å². The van der Waals surface area contributed by atoms with Crippen molar-refractivity contribution in [2.24, 2.45) is 0 Å². The van der Waals surface area contributed by atoms with Gasteiger partial charge in [-0.2, -0.15) is 11.8 Å². The van der Waals surface area contributed by atoms with E-state index in [0.717, 1.165) is 24.7 Å². The minimum atomic E-state index is 0.554. The topological polar surface area (TPSA) is 28.2 Å². The maximum atomic E-state index is 4.68. The van der Waals surface area contributed by atoms with Crippen LogP contribution in [-0.2, 0) is 0 Å². The first-order valence-electron chi connectivity index (χ1n) is 6.31. The highest BCUT2D eigenvalue weighted by Crippen LogP contribution is 2.28. The van der Waals surface area contributed by atoms with Gasteiger partial charge >= 0.3 is 0 Å². The van der Waals surface area contributed by atoms with Gasteiger partial charge in [-0.05, 0) is 26.0 Å². The van der Waals surface area contributed by atoms with Crippen LogP contribution in [-0.4, -0.2) is 35.1 Å². The van der Waals surface area contributed by atoms with Crippen molar-refractivity contribution in [3.05, 3.63) is 18.2 Å². The van der Waals surface area contributed by atoms with Crippen LogP contribution in [0.25, 0.3) is 0 Å². The summed E-state index contributed by atoms with van der Waals surface area (Å²) in [4.78, 5) is 7.10. The molecule has 0 bridgehead atoms. The highest BCUT2D eigenvalue weighted by Gasteiger charge is 2.26. The van der Waals surface area contributed by atoms with Crippen molar-refractivity contribution >= 4 is 23.4 Å². The highest BCUT2D eigenvalue weighted by atomic mass is 32.2. The number of thioether (sulfide) groups is 1. The number of pyridine rings is 1. The number of rotatable bonds is 3.